The maximum Gasteiger partial charge on any atom is 0.140 e. The number of carbonyl (C=O) groups excluding carboxylic acids is 1. The summed E-state index contributed by atoms with van der Waals surface area (Å²) < 4.78 is 0. The highest BCUT2D eigenvalue weighted by Gasteiger charge is 2.57. The van der Waals surface area contributed by atoms with Gasteiger partial charge >= 0.3 is 0 Å². The van der Waals surface area contributed by atoms with Gasteiger partial charge in [0.2, 0.25) is 0 Å². The number of ketones is 1. The fraction of sp³-hybridized carbons (Fsp3) is 0.688. The third-order valence-corrected chi connectivity index (χ3v) is 5.25. The van der Waals surface area contributed by atoms with E-state index >= 15 is 0 Å². The Morgan fingerprint density at radius 2 is 2.06 bits per heavy atom. The number of carbonyl (C=O) groups is 1. The van der Waals surface area contributed by atoms with E-state index in [4.69, 9.17) is 0 Å². The van der Waals surface area contributed by atoms with Crippen molar-refractivity contribution in [2.24, 2.45) is 35.5 Å². The predicted octanol–water partition coefficient (Wildman–Crippen LogP) is 3.62. The molecule has 0 unspecified atom stereocenters. The first-order valence-electron chi connectivity index (χ1n) is 7.11. The lowest BCUT2D eigenvalue weighted by molar-refractivity contribution is -0.125. The van der Waals surface area contributed by atoms with Crippen LogP contribution in [0.1, 0.15) is 33.1 Å². The number of hydrogen-bond acceptors (Lipinski definition) is 1. The molecule has 17 heavy (non-hydrogen) atoms. The largest absolute Gasteiger partial charge is 0.299 e. The van der Waals surface area contributed by atoms with Gasteiger partial charge in [-0.1, -0.05) is 38.2 Å². The average Bonchev–Trinajstić information content (AvgIpc) is 2.97. The maximum absolute atomic E-state index is 12.5. The molecule has 1 nitrogen and oxygen atoms in total. The molecule has 0 aliphatic heterocycles. The molecule has 0 aromatic rings. The Balaban J connectivity index is 1.78. The van der Waals surface area contributed by atoms with Crippen LogP contribution in [-0.2, 0) is 4.79 Å². The van der Waals surface area contributed by atoms with Gasteiger partial charge in [0.05, 0.1) is 0 Å². The SMILES string of the molecule is CC/C=C\C[C@@H]1C(=O)[C@H]2[C@@H]([C@H]1C)[C@H]1C=C[C@@H]2C1. The molecule has 2 saturated carbocycles. The normalized spacial score (nSPS) is 47.3. The van der Waals surface area contributed by atoms with Crippen molar-refractivity contribution >= 4 is 5.78 Å². The minimum Gasteiger partial charge on any atom is -0.299 e. The Morgan fingerprint density at radius 3 is 2.76 bits per heavy atom. The minimum absolute atomic E-state index is 0.304. The van der Waals surface area contributed by atoms with Gasteiger partial charge in [-0.25, -0.2) is 0 Å². The van der Waals surface area contributed by atoms with Crippen LogP contribution >= 0.6 is 0 Å². The van der Waals surface area contributed by atoms with Gasteiger partial charge in [0.25, 0.3) is 0 Å². The van der Waals surface area contributed by atoms with Gasteiger partial charge in [0.1, 0.15) is 5.78 Å². The molecule has 0 heterocycles. The van der Waals surface area contributed by atoms with Crippen molar-refractivity contribution in [3.63, 3.8) is 0 Å². The lowest BCUT2D eigenvalue weighted by Gasteiger charge is -2.23. The molecule has 0 radical (unpaired) electrons. The lowest BCUT2D eigenvalue weighted by atomic mass is 9.81. The molecule has 0 aromatic carbocycles. The first-order valence-corrected chi connectivity index (χ1v) is 7.11. The molecule has 0 saturated heterocycles. The summed E-state index contributed by atoms with van der Waals surface area (Å²) in [6, 6.07) is 0. The zero-order valence-electron chi connectivity index (χ0n) is 10.8. The second kappa shape index (κ2) is 4.12. The van der Waals surface area contributed by atoms with Gasteiger partial charge in [0.15, 0.2) is 0 Å². The Kier molecular flexibility index (Phi) is 2.72. The molecule has 6 atom stereocenters. The topological polar surface area (TPSA) is 17.1 Å². The second-order valence-corrected chi connectivity index (χ2v) is 6.03. The fourth-order valence-corrected chi connectivity index (χ4v) is 4.49. The van der Waals surface area contributed by atoms with Gasteiger partial charge in [-0.05, 0) is 42.9 Å². The van der Waals surface area contributed by atoms with Crippen LogP contribution < -0.4 is 0 Å². The van der Waals surface area contributed by atoms with Gasteiger partial charge < -0.3 is 0 Å². The lowest BCUT2D eigenvalue weighted by Crippen LogP contribution is -2.21. The Labute approximate surface area is 104 Å². The van der Waals surface area contributed by atoms with E-state index in [1.54, 1.807) is 0 Å². The summed E-state index contributed by atoms with van der Waals surface area (Å²) in [5.74, 6) is 3.80. The van der Waals surface area contributed by atoms with Gasteiger partial charge in [-0.3, -0.25) is 4.79 Å². The van der Waals surface area contributed by atoms with E-state index in [-0.39, 0.29) is 0 Å². The molecule has 1 heteroatoms. The summed E-state index contributed by atoms with van der Waals surface area (Å²) in [6.07, 6.45) is 12.4. The summed E-state index contributed by atoms with van der Waals surface area (Å²) >= 11 is 0. The Hall–Kier alpha value is -0.850. The van der Waals surface area contributed by atoms with Crippen LogP contribution in [-0.4, -0.2) is 5.78 Å². The number of Topliss-reactive ketones (excluding diaryl/α,β-unsaturated/α-hetero) is 1. The van der Waals surface area contributed by atoms with Crippen molar-refractivity contribution in [2.45, 2.75) is 33.1 Å². The third-order valence-electron chi connectivity index (χ3n) is 5.25. The molecule has 3 aliphatic rings. The quantitative estimate of drug-likeness (QED) is 0.677. The van der Waals surface area contributed by atoms with E-state index in [1.165, 1.54) is 6.42 Å². The van der Waals surface area contributed by atoms with Gasteiger partial charge in [-0.2, -0.15) is 0 Å². The van der Waals surface area contributed by atoms with E-state index in [9.17, 15) is 4.79 Å². The smallest absolute Gasteiger partial charge is 0.140 e. The van der Waals surface area contributed by atoms with Crippen LogP contribution in [0.2, 0.25) is 0 Å². The number of rotatable bonds is 3. The number of fused-ring (bicyclic) bond motifs is 5. The fourth-order valence-electron chi connectivity index (χ4n) is 4.49. The van der Waals surface area contributed by atoms with E-state index in [0.29, 0.717) is 41.3 Å². The number of hydrogen-bond donors (Lipinski definition) is 0. The van der Waals surface area contributed by atoms with E-state index < -0.39 is 0 Å². The molecular formula is C16H22O. The summed E-state index contributed by atoms with van der Waals surface area (Å²) in [5.41, 5.74) is 0. The first kappa shape index (κ1) is 11.3. The van der Waals surface area contributed by atoms with Crippen LogP contribution in [0.4, 0.5) is 0 Å². The van der Waals surface area contributed by atoms with Gasteiger partial charge in [-0.15, -0.1) is 0 Å². The number of allylic oxidation sites excluding steroid dienone is 4. The van der Waals surface area contributed by atoms with Crippen molar-refractivity contribution in [1.29, 1.82) is 0 Å². The Morgan fingerprint density at radius 1 is 1.29 bits per heavy atom. The van der Waals surface area contributed by atoms with E-state index in [0.717, 1.165) is 12.8 Å². The molecule has 0 N–H and O–H groups in total. The molecule has 0 aromatic heterocycles. The molecule has 2 fully saturated rings. The van der Waals surface area contributed by atoms with Crippen LogP contribution in [0.25, 0.3) is 0 Å². The van der Waals surface area contributed by atoms with Crippen molar-refractivity contribution in [3.8, 4) is 0 Å². The van der Waals surface area contributed by atoms with E-state index in [1.807, 2.05) is 0 Å². The molecule has 3 rings (SSSR count). The first-order chi connectivity index (χ1) is 8.24. The summed E-state index contributed by atoms with van der Waals surface area (Å²) in [5, 5.41) is 0. The standard InChI is InChI=1S/C16H22O/c1-3-4-5-6-13-10(2)14-11-7-8-12(9-11)15(14)16(13)17/h4-5,7-8,10-15H,3,6,9H2,1-2H3/b5-4-/t10-,11-,12+,13-,14-,15+/m0/s1. The second-order valence-electron chi connectivity index (χ2n) is 6.03. The molecule has 0 spiro atoms. The molecule has 3 aliphatic carbocycles. The zero-order valence-corrected chi connectivity index (χ0v) is 10.8. The molecule has 2 bridgehead atoms. The summed E-state index contributed by atoms with van der Waals surface area (Å²) in [7, 11) is 0. The molecule has 0 amide bonds. The van der Waals surface area contributed by atoms with Crippen LogP contribution in [0.3, 0.4) is 0 Å². The van der Waals surface area contributed by atoms with Gasteiger partial charge in [0, 0.05) is 11.8 Å². The van der Waals surface area contributed by atoms with Crippen molar-refractivity contribution in [1.82, 2.24) is 0 Å². The Bertz CT molecular complexity index is 379. The van der Waals surface area contributed by atoms with Crippen LogP contribution in [0.15, 0.2) is 24.3 Å². The highest BCUT2D eigenvalue weighted by molar-refractivity contribution is 5.88. The maximum atomic E-state index is 12.5. The van der Waals surface area contributed by atoms with E-state index in [2.05, 4.69) is 38.2 Å². The summed E-state index contributed by atoms with van der Waals surface area (Å²) in [4.78, 5) is 12.5. The highest BCUT2D eigenvalue weighted by Crippen LogP contribution is 2.58. The minimum atomic E-state index is 0.304. The van der Waals surface area contributed by atoms with Crippen LogP contribution in [0, 0.1) is 35.5 Å². The zero-order chi connectivity index (χ0) is 12.0. The van der Waals surface area contributed by atoms with Crippen molar-refractivity contribution in [2.75, 3.05) is 0 Å². The summed E-state index contributed by atoms with van der Waals surface area (Å²) in [6.45, 7) is 4.46. The molecule has 92 valence electrons. The highest BCUT2D eigenvalue weighted by atomic mass is 16.1. The monoisotopic (exact) mass is 230 g/mol. The van der Waals surface area contributed by atoms with Crippen molar-refractivity contribution < 1.29 is 4.79 Å². The van der Waals surface area contributed by atoms with Crippen LogP contribution in [0.5, 0.6) is 0 Å². The molecular weight excluding hydrogens is 208 g/mol. The predicted molar refractivity (Wildman–Crippen MR) is 69.4 cm³/mol. The third kappa shape index (κ3) is 1.55. The van der Waals surface area contributed by atoms with Crippen molar-refractivity contribution in [3.05, 3.63) is 24.3 Å². The average molecular weight is 230 g/mol.